The molecule has 1 heterocycles. The van der Waals surface area contributed by atoms with Gasteiger partial charge < -0.3 is 15.7 Å². The average Bonchev–Trinajstić information content (AvgIpc) is 2.68. The topological polar surface area (TPSA) is 78.4 Å². The lowest BCUT2D eigenvalue weighted by atomic mass is 10.1. The van der Waals surface area contributed by atoms with Gasteiger partial charge in [-0.25, -0.2) is 9.59 Å². The van der Waals surface area contributed by atoms with Crippen LogP contribution in [0.5, 0.6) is 0 Å². The second-order valence-electron chi connectivity index (χ2n) is 4.09. The van der Waals surface area contributed by atoms with Gasteiger partial charge in [-0.3, -0.25) is 0 Å². The number of carboxylic acids is 1. The number of thiophene rings is 1. The van der Waals surface area contributed by atoms with E-state index in [1.54, 1.807) is 13.8 Å². The Labute approximate surface area is 118 Å². The van der Waals surface area contributed by atoms with E-state index in [2.05, 4.69) is 26.6 Å². The van der Waals surface area contributed by atoms with Crippen LogP contribution in [0.2, 0.25) is 0 Å². The predicted molar refractivity (Wildman–Crippen MR) is 73.7 cm³/mol. The molecule has 3 N–H and O–H groups in total. The molecule has 0 fully saturated rings. The molecule has 5 nitrogen and oxygen atoms in total. The van der Waals surface area contributed by atoms with Crippen LogP contribution in [0.25, 0.3) is 0 Å². The number of hydrogen-bond donors (Lipinski definition) is 3. The SMILES string of the molecule is CC(C)C(NC(=O)NCc1ccc(Br)s1)C(=O)O. The van der Waals surface area contributed by atoms with E-state index in [0.29, 0.717) is 6.54 Å². The van der Waals surface area contributed by atoms with Gasteiger partial charge in [-0.05, 0) is 34.0 Å². The number of carboxylic acid groups (broad SMARTS) is 1. The van der Waals surface area contributed by atoms with Crippen LogP contribution in [0.15, 0.2) is 15.9 Å². The number of nitrogens with one attached hydrogen (secondary N) is 2. The lowest BCUT2D eigenvalue weighted by Gasteiger charge is -2.18. The van der Waals surface area contributed by atoms with Crippen LogP contribution >= 0.6 is 27.3 Å². The van der Waals surface area contributed by atoms with E-state index in [0.717, 1.165) is 8.66 Å². The summed E-state index contributed by atoms with van der Waals surface area (Å²) in [6, 6.07) is 2.44. The molecule has 0 bridgehead atoms. The largest absolute Gasteiger partial charge is 0.480 e. The van der Waals surface area contributed by atoms with E-state index in [4.69, 9.17) is 5.11 Å². The van der Waals surface area contributed by atoms with E-state index in [1.807, 2.05) is 12.1 Å². The fourth-order valence-electron chi connectivity index (χ4n) is 1.32. The number of urea groups is 1. The Balaban J connectivity index is 2.43. The van der Waals surface area contributed by atoms with Crippen molar-refractivity contribution in [1.82, 2.24) is 10.6 Å². The standard InChI is InChI=1S/C11H15BrN2O3S/c1-6(2)9(10(15)16)14-11(17)13-5-7-3-4-8(12)18-7/h3-4,6,9H,5H2,1-2H3,(H,15,16)(H2,13,14,17). The van der Waals surface area contributed by atoms with Gasteiger partial charge in [-0.15, -0.1) is 11.3 Å². The maximum atomic E-state index is 11.5. The highest BCUT2D eigenvalue weighted by molar-refractivity contribution is 9.11. The molecule has 18 heavy (non-hydrogen) atoms. The lowest BCUT2D eigenvalue weighted by Crippen LogP contribution is -2.48. The molecule has 0 aliphatic carbocycles. The van der Waals surface area contributed by atoms with E-state index < -0.39 is 18.0 Å². The first-order chi connectivity index (χ1) is 8.40. The highest BCUT2D eigenvalue weighted by Crippen LogP contribution is 2.21. The fraction of sp³-hybridized carbons (Fsp3) is 0.455. The summed E-state index contributed by atoms with van der Waals surface area (Å²) in [7, 11) is 0. The van der Waals surface area contributed by atoms with Gasteiger partial charge in [0.2, 0.25) is 0 Å². The molecule has 0 aromatic carbocycles. The van der Waals surface area contributed by atoms with Crippen molar-refractivity contribution in [3.05, 3.63) is 20.8 Å². The number of carbonyl (C=O) groups is 2. The van der Waals surface area contributed by atoms with Crippen LogP contribution in [0, 0.1) is 5.92 Å². The molecule has 0 saturated carbocycles. The Morgan fingerprint density at radius 2 is 2.11 bits per heavy atom. The Morgan fingerprint density at radius 3 is 2.56 bits per heavy atom. The molecular weight excluding hydrogens is 320 g/mol. The first-order valence-corrected chi connectivity index (χ1v) is 7.02. The van der Waals surface area contributed by atoms with Crippen molar-refractivity contribution in [2.75, 3.05) is 0 Å². The number of rotatable bonds is 5. The fourth-order valence-corrected chi connectivity index (χ4v) is 2.74. The molecule has 0 aliphatic rings. The maximum Gasteiger partial charge on any atom is 0.326 e. The van der Waals surface area contributed by atoms with Gasteiger partial charge in [-0.2, -0.15) is 0 Å². The summed E-state index contributed by atoms with van der Waals surface area (Å²) in [5, 5.41) is 14.0. The van der Waals surface area contributed by atoms with Crippen molar-refractivity contribution in [2.24, 2.45) is 5.92 Å². The van der Waals surface area contributed by atoms with E-state index in [-0.39, 0.29) is 5.92 Å². The van der Waals surface area contributed by atoms with Crippen LogP contribution in [-0.4, -0.2) is 23.1 Å². The average molecular weight is 335 g/mol. The molecule has 1 atom stereocenters. The second-order valence-corrected chi connectivity index (χ2v) is 6.64. The third kappa shape index (κ3) is 4.66. The number of halogens is 1. The molecule has 1 rings (SSSR count). The number of hydrogen-bond acceptors (Lipinski definition) is 3. The predicted octanol–water partition coefficient (Wildman–Crippen LogP) is 2.42. The van der Waals surface area contributed by atoms with Crippen molar-refractivity contribution >= 4 is 39.3 Å². The van der Waals surface area contributed by atoms with Crippen LogP contribution < -0.4 is 10.6 Å². The zero-order valence-electron chi connectivity index (χ0n) is 10.1. The summed E-state index contributed by atoms with van der Waals surface area (Å²) in [6.07, 6.45) is 0. The molecule has 1 aromatic rings. The van der Waals surface area contributed by atoms with Crippen LogP contribution in [0.1, 0.15) is 18.7 Å². The zero-order chi connectivity index (χ0) is 13.7. The normalized spacial score (nSPS) is 12.2. The number of aliphatic carboxylic acids is 1. The van der Waals surface area contributed by atoms with Gasteiger partial charge in [0.15, 0.2) is 0 Å². The first kappa shape index (κ1) is 15.0. The quantitative estimate of drug-likeness (QED) is 0.773. The van der Waals surface area contributed by atoms with Gasteiger partial charge in [0.25, 0.3) is 0 Å². The Hall–Kier alpha value is -1.08. The van der Waals surface area contributed by atoms with E-state index >= 15 is 0 Å². The molecule has 7 heteroatoms. The van der Waals surface area contributed by atoms with Gasteiger partial charge in [0.1, 0.15) is 6.04 Å². The number of amides is 2. The van der Waals surface area contributed by atoms with Crippen LogP contribution in [-0.2, 0) is 11.3 Å². The third-order valence-corrected chi connectivity index (χ3v) is 3.89. The minimum atomic E-state index is -1.03. The summed E-state index contributed by atoms with van der Waals surface area (Å²) < 4.78 is 0.991. The molecule has 100 valence electrons. The minimum Gasteiger partial charge on any atom is -0.480 e. The maximum absolute atomic E-state index is 11.5. The highest BCUT2D eigenvalue weighted by atomic mass is 79.9. The molecule has 0 radical (unpaired) electrons. The summed E-state index contributed by atoms with van der Waals surface area (Å²) in [4.78, 5) is 23.5. The Morgan fingerprint density at radius 1 is 1.44 bits per heavy atom. The zero-order valence-corrected chi connectivity index (χ0v) is 12.5. The highest BCUT2D eigenvalue weighted by Gasteiger charge is 2.23. The van der Waals surface area contributed by atoms with Crippen LogP contribution in [0.4, 0.5) is 4.79 Å². The van der Waals surface area contributed by atoms with E-state index in [1.165, 1.54) is 11.3 Å². The van der Waals surface area contributed by atoms with Crippen molar-refractivity contribution < 1.29 is 14.7 Å². The third-order valence-electron chi connectivity index (χ3n) is 2.27. The molecular formula is C11H15BrN2O3S. The molecule has 0 spiro atoms. The monoisotopic (exact) mass is 334 g/mol. The van der Waals surface area contributed by atoms with Gasteiger partial charge in [0.05, 0.1) is 10.3 Å². The second kappa shape index (κ2) is 6.75. The van der Waals surface area contributed by atoms with Gasteiger partial charge >= 0.3 is 12.0 Å². The Kier molecular flexibility index (Phi) is 5.61. The van der Waals surface area contributed by atoms with Crippen molar-refractivity contribution in [1.29, 1.82) is 0 Å². The molecule has 2 amide bonds. The summed E-state index contributed by atoms with van der Waals surface area (Å²) in [5.74, 6) is -1.19. The minimum absolute atomic E-state index is 0.163. The van der Waals surface area contributed by atoms with Gasteiger partial charge in [0, 0.05) is 4.88 Å². The first-order valence-electron chi connectivity index (χ1n) is 5.41. The van der Waals surface area contributed by atoms with Crippen LogP contribution in [0.3, 0.4) is 0 Å². The van der Waals surface area contributed by atoms with Gasteiger partial charge in [-0.1, -0.05) is 13.8 Å². The van der Waals surface area contributed by atoms with Crippen molar-refractivity contribution in [3.8, 4) is 0 Å². The molecule has 0 aliphatic heterocycles. The summed E-state index contributed by atoms with van der Waals surface area (Å²) >= 11 is 4.85. The van der Waals surface area contributed by atoms with Crippen molar-refractivity contribution in [3.63, 3.8) is 0 Å². The lowest BCUT2D eigenvalue weighted by molar-refractivity contribution is -0.140. The Bertz CT molecular complexity index is 434. The number of carbonyl (C=O) groups excluding carboxylic acids is 1. The molecule has 0 saturated heterocycles. The van der Waals surface area contributed by atoms with E-state index in [9.17, 15) is 9.59 Å². The molecule has 1 aromatic heterocycles. The smallest absolute Gasteiger partial charge is 0.326 e. The summed E-state index contributed by atoms with van der Waals surface area (Å²) in [5.41, 5.74) is 0. The summed E-state index contributed by atoms with van der Waals surface area (Å²) in [6.45, 7) is 3.87. The molecule has 1 unspecified atom stereocenters. The van der Waals surface area contributed by atoms with Crippen molar-refractivity contribution in [2.45, 2.75) is 26.4 Å².